The predicted molar refractivity (Wildman–Crippen MR) is 67.4 cm³/mol. The van der Waals surface area contributed by atoms with Crippen LogP contribution < -0.4 is 11.1 Å². The molecule has 5 heteroatoms. The van der Waals surface area contributed by atoms with Crippen molar-refractivity contribution in [1.29, 1.82) is 0 Å². The van der Waals surface area contributed by atoms with E-state index in [2.05, 4.69) is 5.32 Å². The van der Waals surface area contributed by atoms with Gasteiger partial charge in [-0.15, -0.1) is 0 Å². The van der Waals surface area contributed by atoms with Crippen molar-refractivity contribution < 1.29 is 9.18 Å². The number of amides is 1. The molecule has 0 aromatic heterocycles. The molecule has 0 saturated carbocycles. The maximum Gasteiger partial charge on any atom is 0.229 e. The van der Waals surface area contributed by atoms with E-state index in [9.17, 15) is 9.18 Å². The van der Waals surface area contributed by atoms with Crippen molar-refractivity contribution in [2.45, 2.75) is 13.8 Å². The van der Waals surface area contributed by atoms with Gasteiger partial charge in [0.15, 0.2) is 0 Å². The van der Waals surface area contributed by atoms with Crippen LogP contribution in [0.4, 0.5) is 10.1 Å². The molecule has 0 saturated heterocycles. The van der Waals surface area contributed by atoms with Crippen LogP contribution in [-0.4, -0.2) is 12.5 Å². The van der Waals surface area contributed by atoms with Gasteiger partial charge in [-0.1, -0.05) is 25.4 Å². The summed E-state index contributed by atoms with van der Waals surface area (Å²) in [5.41, 5.74) is 5.60. The lowest BCUT2D eigenvalue weighted by Gasteiger charge is -2.18. The number of nitrogens with one attached hydrogen (secondary N) is 1. The number of anilines is 1. The lowest BCUT2D eigenvalue weighted by atomic mass is 9.95. The maximum atomic E-state index is 13.4. The van der Waals surface area contributed by atoms with Gasteiger partial charge < -0.3 is 11.1 Å². The smallest absolute Gasteiger partial charge is 0.229 e. The van der Waals surface area contributed by atoms with Crippen LogP contribution in [0.2, 0.25) is 5.02 Å². The summed E-state index contributed by atoms with van der Waals surface area (Å²) in [4.78, 5) is 11.8. The fraction of sp³-hybridized carbons (Fsp3) is 0.417. The highest BCUT2D eigenvalue weighted by atomic mass is 35.5. The first kappa shape index (κ1) is 13.9. The van der Waals surface area contributed by atoms with Crippen LogP contribution >= 0.6 is 11.6 Å². The molecule has 3 nitrogen and oxygen atoms in total. The monoisotopic (exact) mass is 258 g/mol. The number of hydrogen-bond donors (Lipinski definition) is 2. The fourth-order valence-electron chi connectivity index (χ4n) is 1.50. The molecule has 1 rings (SSSR count). The summed E-state index contributed by atoms with van der Waals surface area (Å²) in [5, 5.41) is 2.88. The van der Waals surface area contributed by atoms with Gasteiger partial charge in [0.25, 0.3) is 0 Å². The van der Waals surface area contributed by atoms with E-state index in [1.54, 1.807) is 0 Å². The Labute approximate surface area is 105 Å². The van der Waals surface area contributed by atoms with Gasteiger partial charge in [0.05, 0.1) is 11.6 Å². The summed E-state index contributed by atoms with van der Waals surface area (Å²) in [6.45, 7) is 4.02. The summed E-state index contributed by atoms with van der Waals surface area (Å²) >= 11 is 5.73. The zero-order chi connectivity index (χ0) is 13.0. The van der Waals surface area contributed by atoms with Crippen molar-refractivity contribution in [1.82, 2.24) is 0 Å². The Morgan fingerprint density at radius 1 is 1.53 bits per heavy atom. The zero-order valence-electron chi connectivity index (χ0n) is 9.84. The van der Waals surface area contributed by atoms with E-state index in [1.165, 1.54) is 18.2 Å². The Hall–Kier alpha value is -1.13. The van der Waals surface area contributed by atoms with Gasteiger partial charge >= 0.3 is 0 Å². The van der Waals surface area contributed by atoms with Crippen LogP contribution in [0.3, 0.4) is 0 Å². The van der Waals surface area contributed by atoms with Gasteiger partial charge in [-0.2, -0.15) is 0 Å². The first-order valence-corrected chi connectivity index (χ1v) is 5.79. The van der Waals surface area contributed by atoms with E-state index in [1.807, 2.05) is 13.8 Å². The van der Waals surface area contributed by atoms with Crippen molar-refractivity contribution in [2.75, 3.05) is 11.9 Å². The molecule has 0 aliphatic carbocycles. The van der Waals surface area contributed by atoms with Crippen molar-refractivity contribution in [3.05, 3.63) is 29.0 Å². The number of halogens is 2. The van der Waals surface area contributed by atoms with E-state index in [4.69, 9.17) is 17.3 Å². The van der Waals surface area contributed by atoms with Gasteiger partial charge in [0, 0.05) is 11.6 Å². The summed E-state index contributed by atoms with van der Waals surface area (Å²) in [7, 11) is 0. The van der Waals surface area contributed by atoms with Crippen LogP contribution in [0, 0.1) is 17.7 Å². The standard InChI is InChI=1S/C12H16ClFN2O/c1-7(2)9(6-15)12(17)16-11-5-8(13)3-4-10(11)14/h3-5,7,9H,6,15H2,1-2H3,(H,16,17). The Morgan fingerprint density at radius 3 is 2.71 bits per heavy atom. The molecule has 0 fully saturated rings. The van der Waals surface area contributed by atoms with E-state index < -0.39 is 5.82 Å². The molecule has 3 N–H and O–H groups in total. The molecule has 0 aliphatic heterocycles. The second-order valence-corrected chi connectivity index (χ2v) is 4.64. The molecular weight excluding hydrogens is 243 g/mol. The third kappa shape index (κ3) is 3.68. The topological polar surface area (TPSA) is 55.1 Å². The van der Waals surface area contributed by atoms with E-state index >= 15 is 0 Å². The maximum absolute atomic E-state index is 13.4. The van der Waals surface area contributed by atoms with Gasteiger partial charge in [-0.05, 0) is 24.1 Å². The van der Waals surface area contributed by atoms with Crippen molar-refractivity contribution in [3.8, 4) is 0 Å². The average Bonchev–Trinajstić information content (AvgIpc) is 2.24. The van der Waals surface area contributed by atoms with Crippen LogP contribution in [0.5, 0.6) is 0 Å². The molecule has 0 radical (unpaired) electrons. The fourth-order valence-corrected chi connectivity index (χ4v) is 1.67. The molecule has 1 unspecified atom stereocenters. The third-order valence-corrected chi connectivity index (χ3v) is 2.82. The number of benzene rings is 1. The summed E-state index contributed by atoms with van der Waals surface area (Å²) < 4.78 is 13.4. The number of rotatable bonds is 4. The minimum atomic E-state index is -0.512. The third-order valence-electron chi connectivity index (χ3n) is 2.58. The van der Waals surface area contributed by atoms with Crippen LogP contribution in [0.25, 0.3) is 0 Å². The summed E-state index contributed by atoms with van der Waals surface area (Å²) in [6.07, 6.45) is 0. The molecule has 1 amide bonds. The molecule has 0 spiro atoms. The normalized spacial score (nSPS) is 12.6. The number of nitrogens with two attached hydrogens (primary N) is 1. The van der Waals surface area contributed by atoms with Crippen LogP contribution in [0.1, 0.15) is 13.8 Å². The minimum absolute atomic E-state index is 0.0848. The van der Waals surface area contributed by atoms with Gasteiger partial charge in [0.1, 0.15) is 5.82 Å². The van der Waals surface area contributed by atoms with E-state index in [0.717, 1.165) is 0 Å². The largest absolute Gasteiger partial charge is 0.330 e. The van der Waals surface area contributed by atoms with Gasteiger partial charge in [-0.3, -0.25) is 4.79 Å². The Balaban J connectivity index is 2.83. The van der Waals surface area contributed by atoms with Crippen LogP contribution in [0.15, 0.2) is 18.2 Å². The van der Waals surface area contributed by atoms with Crippen molar-refractivity contribution in [3.63, 3.8) is 0 Å². The second kappa shape index (κ2) is 5.98. The van der Waals surface area contributed by atoms with E-state index in [-0.39, 0.29) is 30.0 Å². The molecule has 0 heterocycles. The molecule has 0 aliphatic rings. The zero-order valence-corrected chi connectivity index (χ0v) is 10.6. The van der Waals surface area contributed by atoms with Crippen molar-refractivity contribution in [2.24, 2.45) is 17.6 Å². The Bertz CT molecular complexity index is 409. The lowest BCUT2D eigenvalue weighted by Crippen LogP contribution is -2.33. The van der Waals surface area contributed by atoms with E-state index in [0.29, 0.717) is 5.02 Å². The average molecular weight is 259 g/mol. The first-order valence-electron chi connectivity index (χ1n) is 5.41. The number of carbonyl (C=O) groups is 1. The SMILES string of the molecule is CC(C)C(CN)C(=O)Nc1cc(Cl)ccc1F. The summed E-state index contributed by atoms with van der Waals surface area (Å²) in [5.74, 6) is -1.04. The summed E-state index contributed by atoms with van der Waals surface area (Å²) in [6, 6.07) is 4.02. The molecule has 0 bridgehead atoms. The molecular formula is C12H16ClFN2O. The highest BCUT2D eigenvalue weighted by molar-refractivity contribution is 6.30. The lowest BCUT2D eigenvalue weighted by molar-refractivity contribution is -0.120. The molecule has 1 atom stereocenters. The van der Waals surface area contributed by atoms with Crippen LogP contribution in [-0.2, 0) is 4.79 Å². The molecule has 94 valence electrons. The van der Waals surface area contributed by atoms with Crippen molar-refractivity contribution >= 4 is 23.2 Å². The quantitative estimate of drug-likeness (QED) is 0.872. The second-order valence-electron chi connectivity index (χ2n) is 4.20. The van der Waals surface area contributed by atoms with Gasteiger partial charge in [0.2, 0.25) is 5.91 Å². The highest BCUT2D eigenvalue weighted by Crippen LogP contribution is 2.21. The number of hydrogen-bond acceptors (Lipinski definition) is 2. The molecule has 1 aromatic rings. The Kier molecular flexibility index (Phi) is 4.90. The van der Waals surface area contributed by atoms with Gasteiger partial charge in [-0.25, -0.2) is 4.39 Å². The Morgan fingerprint density at radius 2 is 2.18 bits per heavy atom. The molecule has 17 heavy (non-hydrogen) atoms. The predicted octanol–water partition coefficient (Wildman–Crippen LogP) is 2.65. The highest BCUT2D eigenvalue weighted by Gasteiger charge is 2.21. The molecule has 1 aromatic carbocycles. The number of carbonyl (C=O) groups excluding carboxylic acids is 1. The first-order chi connectivity index (χ1) is 7.95. The minimum Gasteiger partial charge on any atom is -0.330 e.